The molecule has 6 heteroatoms. The number of H-pyrrole nitrogens is 1. The molecule has 0 spiro atoms. The Hall–Kier alpha value is -1.85. The summed E-state index contributed by atoms with van der Waals surface area (Å²) in [6.45, 7) is 0. The van der Waals surface area contributed by atoms with Crippen LogP contribution in [0.25, 0.3) is 0 Å². The number of aromatic amines is 1. The van der Waals surface area contributed by atoms with Gasteiger partial charge in [0.15, 0.2) is 0 Å². The lowest BCUT2D eigenvalue weighted by atomic mass is 9.87. The maximum atomic E-state index is 11.5. The number of nitrogens with one attached hydrogen (secondary N) is 1. The van der Waals surface area contributed by atoms with Crippen LogP contribution in [0.5, 0.6) is 0 Å². The summed E-state index contributed by atoms with van der Waals surface area (Å²) in [6.07, 6.45) is 1.59. The van der Waals surface area contributed by atoms with Crippen molar-refractivity contribution in [2.75, 3.05) is 5.73 Å². The molecule has 1 atom stereocenters. The molecule has 1 aromatic heterocycles. The molecule has 0 aliphatic heterocycles. The lowest BCUT2D eigenvalue weighted by molar-refractivity contribution is -0.122. The van der Waals surface area contributed by atoms with E-state index in [1.165, 1.54) is 0 Å². The number of anilines is 1. The summed E-state index contributed by atoms with van der Waals surface area (Å²) >= 11 is 0. The lowest BCUT2D eigenvalue weighted by Gasteiger charge is -2.20. The second-order valence-electron chi connectivity index (χ2n) is 3.72. The van der Waals surface area contributed by atoms with Crippen LogP contribution in [0, 0.1) is 5.92 Å². The Morgan fingerprint density at radius 2 is 2.27 bits per heavy atom. The van der Waals surface area contributed by atoms with Crippen molar-refractivity contribution < 1.29 is 4.79 Å². The molecule has 1 heterocycles. The number of carbonyl (C=O) groups excluding carboxylic acids is 1. The predicted octanol–water partition coefficient (Wildman–Crippen LogP) is -1.06. The number of fused-ring (bicyclic) bond motifs is 1. The number of nitrogens with two attached hydrogens (primary N) is 2. The Morgan fingerprint density at radius 3 is 2.93 bits per heavy atom. The van der Waals surface area contributed by atoms with Crippen molar-refractivity contribution in [2.45, 2.75) is 19.3 Å². The van der Waals surface area contributed by atoms with Crippen LogP contribution in [-0.4, -0.2) is 15.9 Å². The van der Waals surface area contributed by atoms with E-state index in [1.54, 1.807) is 0 Å². The van der Waals surface area contributed by atoms with Crippen LogP contribution in [0.2, 0.25) is 0 Å². The average molecular weight is 208 g/mol. The van der Waals surface area contributed by atoms with Crippen LogP contribution in [-0.2, 0) is 17.6 Å². The average Bonchev–Trinajstić information content (AvgIpc) is 2.16. The number of hydrogen-bond acceptors (Lipinski definition) is 4. The first-order chi connectivity index (χ1) is 7.08. The monoisotopic (exact) mass is 208 g/mol. The quantitative estimate of drug-likeness (QED) is 0.545. The number of amides is 1. The number of nitrogens with zero attached hydrogens (tertiary/aromatic N) is 1. The molecule has 6 nitrogen and oxygen atoms in total. The van der Waals surface area contributed by atoms with Crippen molar-refractivity contribution in [3.8, 4) is 0 Å². The molecule has 1 aliphatic rings. The molecule has 1 amide bonds. The lowest BCUT2D eigenvalue weighted by Crippen LogP contribution is -2.33. The van der Waals surface area contributed by atoms with Crippen molar-refractivity contribution in [3.63, 3.8) is 0 Å². The molecular formula is C9H12N4O2. The number of aryl methyl sites for hydroxylation is 1. The number of carbonyl (C=O) groups is 1. The van der Waals surface area contributed by atoms with Crippen molar-refractivity contribution in [1.29, 1.82) is 0 Å². The molecule has 80 valence electrons. The van der Waals surface area contributed by atoms with Gasteiger partial charge in [-0.2, -0.15) is 0 Å². The van der Waals surface area contributed by atoms with Gasteiger partial charge in [-0.05, 0) is 19.3 Å². The number of primary amides is 1. The third kappa shape index (κ3) is 1.70. The maximum Gasteiger partial charge on any atom is 0.255 e. The van der Waals surface area contributed by atoms with Gasteiger partial charge in [-0.3, -0.25) is 14.6 Å². The minimum Gasteiger partial charge on any atom is -0.369 e. The number of rotatable bonds is 1. The van der Waals surface area contributed by atoms with E-state index in [1.807, 2.05) is 0 Å². The maximum absolute atomic E-state index is 11.5. The van der Waals surface area contributed by atoms with E-state index in [4.69, 9.17) is 11.5 Å². The Morgan fingerprint density at radius 1 is 1.53 bits per heavy atom. The van der Waals surface area contributed by atoms with E-state index in [0.29, 0.717) is 30.5 Å². The smallest absolute Gasteiger partial charge is 0.255 e. The summed E-state index contributed by atoms with van der Waals surface area (Å²) in [5, 5.41) is 0. The minimum atomic E-state index is -0.364. The highest BCUT2D eigenvalue weighted by molar-refractivity contribution is 5.77. The zero-order valence-corrected chi connectivity index (χ0v) is 8.12. The minimum absolute atomic E-state index is 0.122. The highest BCUT2D eigenvalue weighted by atomic mass is 16.1. The first-order valence-corrected chi connectivity index (χ1v) is 4.75. The van der Waals surface area contributed by atoms with Gasteiger partial charge in [0.1, 0.15) is 0 Å². The Balaban J connectivity index is 2.42. The number of nitrogen functional groups attached to an aromatic ring is 1. The summed E-state index contributed by atoms with van der Waals surface area (Å²) in [5.74, 6) is -0.503. The van der Waals surface area contributed by atoms with Crippen LogP contribution in [0.3, 0.4) is 0 Å². The van der Waals surface area contributed by atoms with E-state index in [0.717, 1.165) is 0 Å². The van der Waals surface area contributed by atoms with E-state index in [-0.39, 0.29) is 23.3 Å². The molecule has 0 saturated heterocycles. The fourth-order valence-electron chi connectivity index (χ4n) is 1.88. The Labute approximate surface area is 85.7 Å². The molecule has 0 aromatic carbocycles. The van der Waals surface area contributed by atoms with E-state index in [2.05, 4.69) is 9.97 Å². The van der Waals surface area contributed by atoms with Crippen molar-refractivity contribution >= 4 is 11.9 Å². The largest absolute Gasteiger partial charge is 0.369 e. The summed E-state index contributed by atoms with van der Waals surface area (Å²) < 4.78 is 0. The summed E-state index contributed by atoms with van der Waals surface area (Å²) in [4.78, 5) is 29.0. The van der Waals surface area contributed by atoms with Gasteiger partial charge in [-0.15, -0.1) is 0 Å². The second kappa shape index (κ2) is 3.38. The third-order valence-electron chi connectivity index (χ3n) is 2.70. The molecule has 2 rings (SSSR count). The van der Waals surface area contributed by atoms with E-state index in [9.17, 15) is 9.59 Å². The van der Waals surface area contributed by atoms with Gasteiger partial charge in [0.2, 0.25) is 11.9 Å². The van der Waals surface area contributed by atoms with E-state index >= 15 is 0 Å². The Kier molecular flexibility index (Phi) is 2.18. The first-order valence-electron chi connectivity index (χ1n) is 4.75. The highest BCUT2D eigenvalue weighted by Crippen LogP contribution is 2.21. The van der Waals surface area contributed by atoms with Gasteiger partial charge in [0, 0.05) is 11.5 Å². The molecule has 0 saturated carbocycles. The van der Waals surface area contributed by atoms with Gasteiger partial charge < -0.3 is 11.5 Å². The van der Waals surface area contributed by atoms with Gasteiger partial charge in [-0.1, -0.05) is 0 Å². The van der Waals surface area contributed by atoms with Gasteiger partial charge in [-0.25, -0.2) is 4.98 Å². The zero-order valence-electron chi connectivity index (χ0n) is 8.12. The van der Waals surface area contributed by atoms with Crippen molar-refractivity contribution in [3.05, 3.63) is 21.6 Å². The third-order valence-corrected chi connectivity index (χ3v) is 2.70. The predicted molar refractivity (Wildman–Crippen MR) is 54.0 cm³/mol. The topological polar surface area (TPSA) is 115 Å². The number of aromatic nitrogens is 2. The van der Waals surface area contributed by atoms with Gasteiger partial charge in [0.05, 0.1) is 5.69 Å². The van der Waals surface area contributed by atoms with E-state index < -0.39 is 0 Å². The fourth-order valence-corrected chi connectivity index (χ4v) is 1.88. The number of hydrogen-bond donors (Lipinski definition) is 3. The van der Waals surface area contributed by atoms with Crippen LogP contribution < -0.4 is 17.0 Å². The van der Waals surface area contributed by atoms with Crippen LogP contribution >= 0.6 is 0 Å². The van der Waals surface area contributed by atoms with Crippen molar-refractivity contribution in [2.24, 2.45) is 11.7 Å². The molecule has 0 bridgehead atoms. The van der Waals surface area contributed by atoms with Crippen LogP contribution in [0.15, 0.2) is 4.79 Å². The molecule has 0 fully saturated rings. The summed E-state index contributed by atoms with van der Waals surface area (Å²) in [5.41, 5.74) is 11.6. The summed E-state index contributed by atoms with van der Waals surface area (Å²) in [6, 6.07) is 0. The van der Waals surface area contributed by atoms with Crippen LogP contribution in [0.4, 0.5) is 5.95 Å². The molecule has 15 heavy (non-hydrogen) atoms. The highest BCUT2D eigenvalue weighted by Gasteiger charge is 2.25. The summed E-state index contributed by atoms with van der Waals surface area (Å²) in [7, 11) is 0. The standard InChI is InChI=1S/C9H12N4O2/c10-7(14)4-1-2-6-5(3-4)8(15)13-9(11)12-6/h4H,1-3H2,(H2,10,14)(H3,11,12,13,15)/t4-/m0/s1. The van der Waals surface area contributed by atoms with Crippen LogP contribution in [0.1, 0.15) is 17.7 Å². The van der Waals surface area contributed by atoms with Crippen molar-refractivity contribution in [1.82, 2.24) is 9.97 Å². The van der Waals surface area contributed by atoms with Gasteiger partial charge >= 0.3 is 0 Å². The molecule has 0 unspecified atom stereocenters. The molecule has 5 N–H and O–H groups in total. The second-order valence-corrected chi connectivity index (χ2v) is 3.72. The fraction of sp³-hybridized carbons (Fsp3) is 0.444. The SMILES string of the molecule is NC(=O)[C@H]1CCc2nc(N)[nH]c(=O)c2C1. The molecular weight excluding hydrogens is 196 g/mol. The normalized spacial score (nSPS) is 19.6. The molecule has 1 aliphatic carbocycles. The molecule has 0 radical (unpaired) electrons. The first kappa shape index (κ1) is 9.70. The zero-order chi connectivity index (χ0) is 11.0. The molecule has 1 aromatic rings. The van der Waals surface area contributed by atoms with Gasteiger partial charge in [0.25, 0.3) is 5.56 Å². The Bertz CT molecular complexity index is 466.